The summed E-state index contributed by atoms with van der Waals surface area (Å²) in [6.07, 6.45) is 0. The summed E-state index contributed by atoms with van der Waals surface area (Å²) in [6.45, 7) is 0.878. The molecule has 22 heavy (non-hydrogen) atoms. The Morgan fingerprint density at radius 1 is 1.00 bits per heavy atom. The van der Waals surface area contributed by atoms with Gasteiger partial charge in [0.05, 0.1) is 0 Å². The van der Waals surface area contributed by atoms with Gasteiger partial charge in [-0.15, -0.1) is 0 Å². The van der Waals surface area contributed by atoms with Gasteiger partial charge in [-0.3, -0.25) is 4.99 Å². The summed E-state index contributed by atoms with van der Waals surface area (Å²) in [5.41, 5.74) is 1.61. The number of nitrogens with one attached hydrogen (secondary N) is 2. The quantitative estimate of drug-likeness (QED) is 0.639. The van der Waals surface area contributed by atoms with Gasteiger partial charge in [0.25, 0.3) is 0 Å². The van der Waals surface area contributed by atoms with Gasteiger partial charge < -0.3 is 10.6 Å². The molecule has 2 N–H and O–H groups in total. The van der Waals surface area contributed by atoms with Gasteiger partial charge in [0.2, 0.25) is 0 Å². The molecule has 0 aliphatic carbocycles. The first-order valence-electron chi connectivity index (χ1n) is 6.71. The molecule has 0 spiro atoms. The zero-order valence-electron chi connectivity index (χ0n) is 12.0. The molecule has 6 heteroatoms. The number of hydrogen-bond acceptors (Lipinski definition) is 1. The first-order valence-corrected chi connectivity index (χ1v) is 7.50. The van der Waals surface area contributed by atoms with E-state index in [4.69, 9.17) is 0 Å². The van der Waals surface area contributed by atoms with Crippen molar-refractivity contribution in [1.29, 1.82) is 0 Å². The third-order valence-electron chi connectivity index (χ3n) is 2.95. The van der Waals surface area contributed by atoms with Crippen molar-refractivity contribution in [2.45, 2.75) is 13.1 Å². The van der Waals surface area contributed by atoms with Crippen molar-refractivity contribution in [3.63, 3.8) is 0 Å². The summed E-state index contributed by atoms with van der Waals surface area (Å²) in [4.78, 5) is 4.08. The molecule has 2 aromatic rings. The molecule has 0 radical (unpaired) electrons. The van der Waals surface area contributed by atoms with Crippen LogP contribution in [0.4, 0.5) is 8.78 Å². The Balaban J connectivity index is 1.90. The molecule has 0 heterocycles. The van der Waals surface area contributed by atoms with Crippen molar-refractivity contribution < 1.29 is 8.78 Å². The first-order chi connectivity index (χ1) is 10.6. The van der Waals surface area contributed by atoms with Gasteiger partial charge in [0.15, 0.2) is 5.96 Å². The molecule has 116 valence electrons. The van der Waals surface area contributed by atoms with Crippen molar-refractivity contribution >= 4 is 21.9 Å². The van der Waals surface area contributed by atoms with Gasteiger partial charge >= 0.3 is 0 Å². The van der Waals surface area contributed by atoms with Gasteiger partial charge in [0, 0.05) is 24.6 Å². The zero-order valence-corrected chi connectivity index (χ0v) is 13.6. The standard InChI is InChI=1S/C16H16BrF2N3/c1-20-16(21-9-11-3-2-4-14(18)6-11)22-10-12-5-13(17)8-15(19)7-12/h2-8H,9-10H2,1H3,(H2,20,21,22). The number of halogens is 3. The molecular weight excluding hydrogens is 352 g/mol. The third kappa shape index (κ3) is 5.11. The van der Waals surface area contributed by atoms with Crippen molar-refractivity contribution in [2.75, 3.05) is 7.05 Å². The fraction of sp³-hybridized carbons (Fsp3) is 0.188. The van der Waals surface area contributed by atoms with Gasteiger partial charge in [-0.05, 0) is 41.5 Å². The van der Waals surface area contributed by atoms with E-state index in [1.54, 1.807) is 13.1 Å². The monoisotopic (exact) mass is 367 g/mol. The largest absolute Gasteiger partial charge is 0.352 e. The second-order valence-corrected chi connectivity index (χ2v) is 5.60. The molecule has 0 saturated heterocycles. The van der Waals surface area contributed by atoms with Crippen LogP contribution >= 0.6 is 15.9 Å². The molecule has 0 fully saturated rings. The molecule has 0 aliphatic heterocycles. The van der Waals surface area contributed by atoms with Gasteiger partial charge in [-0.1, -0.05) is 28.1 Å². The van der Waals surface area contributed by atoms with Gasteiger partial charge in [0.1, 0.15) is 11.6 Å². The Kier molecular flexibility index (Phi) is 5.89. The van der Waals surface area contributed by atoms with Crippen LogP contribution < -0.4 is 10.6 Å². The summed E-state index contributed by atoms with van der Waals surface area (Å²) < 4.78 is 27.1. The Bertz CT molecular complexity index is 654. The SMILES string of the molecule is CN=C(NCc1cccc(F)c1)NCc1cc(F)cc(Br)c1. The number of aliphatic imine (C=N–C) groups is 1. The molecule has 0 unspecified atom stereocenters. The molecule has 0 bridgehead atoms. The normalized spacial score (nSPS) is 11.4. The molecule has 0 saturated carbocycles. The predicted molar refractivity (Wildman–Crippen MR) is 87.5 cm³/mol. The van der Waals surface area contributed by atoms with E-state index in [-0.39, 0.29) is 11.6 Å². The molecule has 0 aliphatic rings. The highest BCUT2D eigenvalue weighted by atomic mass is 79.9. The van der Waals surface area contributed by atoms with Crippen molar-refractivity contribution in [3.05, 3.63) is 69.7 Å². The van der Waals surface area contributed by atoms with Crippen LogP contribution in [0.25, 0.3) is 0 Å². The van der Waals surface area contributed by atoms with Crippen LogP contribution in [0.15, 0.2) is 51.9 Å². The fourth-order valence-corrected chi connectivity index (χ4v) is 2.46. The second-order valence-electron chi connectivity index (χ2n) is 4.69. The van der Waals surface area contributed by atoms with Crippen molar-refractivity contribution in [3.8, 4) is 0 Å². The van der Waals surface area contributed by atoms with E-state index < -0.39 is 0 Å². The highest BCUT2D eigenvalue weighted by molar-refractivity contribution is 9.10. The number of rotatable bonds is 4. The van der Waals surface area contributed by atoms with Crippen LogP contribution in [-0.4, -0.2) is 13.0 Å². The molecule has 2 rings (SSSR count). The van der Waals surface area contributed by atoms with Crippen LogP contribution in [0.3, 0.4) is 0 Å². The maximum Gasteiger partial charge on any atom is 0.191 e. The second kappa shape index (κ2) is 7.89. The Hall–Kier alpha value is -1.95. The number of guanidine groups is 1. The smallest absolute Gasteiger partial charge is 0.191 e. The average Bonchev–Trinajstić information content (AvgIpc) is 2.46. The van der Waals surface area contributed by atoms with Crippen LogP contribution in [-0.2, 0) is 13.1 Å². The lowest BCUT2D eigenvalue weighted by atomic mass is 10.2. The number of benzene rings is 2. The maximum atomic E-state index is 13.3. The molecule has 0 aromatic heterocycles. The predicted octanol–water partition coefficient (Wildman–Crippen LogP) is 3.59. The average molecular weight is 368 g/mol. The van der Waals surface area contributed by atoms with E-state index >= 15 is 0 Å². The highest BCUT2D eigenvalue weighted by Crippen LogP contribution is 2.14. The highest BCUT2D eigenvalue weighted by Gasteiger charge is 2.02. The summed E-state index contributed by atoms with van der Waals surface area (Å²) in [5.74, 6) is -0.00890. The Labute approximate surface area is 136 Å². The topological polar surface area (TPSA) is 36.4 Å². The maximum absolute atomic E-state index is 13.3. The van der Waals surface area contributed by atoms with Gasteiger partial charge in [-0.2, -0.15) is 0 Å². The van der Waals surface area contributed by atoms with E-state index in [0.29, 0.717) is 23.5 Å². The van der Waals surface area contributed by atoms with Crippen LogP contribution in [0.5, 0.6) is 0 Å². The molecule has 3 nitrogen and oxygen atoms in total. The molecule has 0 amide bonds. The summed E-state index contributed by atoms with van der Waals surface area (Å²) in [5, 5.41) is 6.16. The molecule has 0 atom stereocenters. The Morgan fingerprint density at radius 2 is 1.68 bits per heavy atom. The van der Waals surface area contributed by atoms with E-state index in [0.717, 1.165) is 11.1 Å². The molecule has 2 aromatic carbocycles. The third-order valence-corrected chi connectivity index (χ3v) is 3.41. The summed E-state index contributed by atoms with van der Waals surface area (Å²) >= 11 is 3.26. The minimum Gasteiger partial charge on any atom is -0.352 e. The van der Waals surface area contributed by atoms with Crippen LogP contribution in [0.1, 0.15) is 11.1 Å². The number of nitrogens with zero attached hydrogens (tertiary/aromatic N) is 1. The van der Waals surface area contributed by atoms with E-state index in [2.05, 4.69) is 31.6 Å². The lowest BCUT2D eigenvalue weighted by Crippen LogP contribution is -2.36. The van der Waals surface area contributed by atoms with Crippen LogP contribution in [0, 0.1) is 11.6 Å². The number of hydrogen-bond donors (Lipinski definition) is 2. The van der Waals surface area contributed by atoms with E-state index in [1.165, 1.54) is 24.3 Å². The fourth-order valence-electron chi connectivity index (χ4n) is 1.95. The minimum absolute atomic E-state index is 0.271. The first kappa shape index (κ1) is 16.4. The van der Waals surface area contributed by atoms with Crippen molar-refractivity contribution in [2.24, 2.45) is 4.99 Å². The van der Waals surface area contributed by atoms with Crippen LogP contribution in [0.2, 0.25) is 0 Å². The Morgan fingerprint density at radius 3 is 2.32 bits per heavy atom. The van der Waals surface area contributed by atoms with Crippen molar-refractivity contribution in [1.82, 2.24) is 10.6 Å². The minimum atomic E-state index is -0.297. The van der Waals surface area contributed by atoms with Gasteiger partial charge in [-0.25, -0.2) is 8.78 Å². The van der Waals surface area contributed by atoms with E-state index in [1.807, 2.05) is 12.1 Å². The van der Waals surface area contributed by atoms with E-state index in [9.17, 15) is 8.78 Å². The lowest BCUT2D eigenvalue weighted by Gasteiger charge is -2.12. The zero-order chi connectivity index (χ0) is 15.9. The summed E-state index contributed by atoms with van der Waals surface area (Å²) in [7, 11) is 1.64. The lowest BCUT2D eigenvalue weighted by molar-refractivity contribution is 0.623. The summed E-state index contributed by atoms with van der Waals surface area (Å²) in [6, 6.07) is 11.0. The molecular formula is C16H16BrF2N3.